The monoisotopic (exact) mass is 414 g/mol. The topological polar surface area (TPSA) is 83.6 Å². The van der Waals surface area contributed by atoms with E-state index in [-0.39, 0.29) is 35.9 Å². The van der Waals surface area contributed by atoms with Gasteiger partial charge in [0.05, 0.1) is 24.0 Å². The summed E-state index contributed by atoms with van der Waals surface area (Å²) in [6.45, 7) is 2.12. The van der Waals surface area contributed by atoms with Crippen molar-refractivity contribution in [3.8, 4) is 0 Å². The van der Waals surface area contributed by atoms with Crippen molar-refractivity contribution in [2.24, 2.45) is 0 Å². The van der Waals surface area contributed by atoms with Crippen molar-refractivity contribution in [1.29, 1.82) is 0 Å². The zero-order valence-corrected chi connectivity index (χ0v) is 17.3. The minimum absolute atomic E-state index is 0.0323. The first-order valence-corrected chi connectivity index (χ1v) is 11.6. The fourth-order valence-electron chi connectivity index (χ4n) is 3.65. The molecule has 3 rings (SSSR count). The maximum absolute atomic E-state index is 13.4. The van der Waals surface area contributed by atoms with Gasteiger partial charge in [-0.15, -0.1) is 0 Å². The van der Waals surface area contributed by atoms with Crippen molar-refractivity contribution < 1.29 is 18.0 Å². The van der Waals surface area contributed by atoms with Gasteiger partial charge in [0.15, 0.2) is 9.84 Å². The average molecular weight is 415 g/mol. The Morgan fingerprint density at radius 1 is 1.03 bits per heavy atom. The summed E-state index contributed by atoms with van der Waals surface area (Å²) in [6.07, 6.45) is 0.421. The highest BCUT2D eigenvalue weighted by atomic mass is 32.2. The number of nitrogens with one attached hydrogen (secondary N) is 1. The molecule has 1 aliphatic rings. The first-order valence-electron chi connectivity index (χ1n) is 9.78. The number of nitrogens with zero attached hydrogens (tertiary/aromatic N) is 1. The molecule has 0 aromatic heterocycles. The van der Waals surface area contributed by atoms with Crippen LogP contribution in [0.3, 0.4) is 0 Å². The van der Waals surface area contributed by atoms with E-state index in [4.69, 9.17) is 0 Å². The lowest BCUT2D eigenvalue weighted by Gasteiger charge is -2.27. The molecule has 1 saturated heterocycles. The van der Waals surface area contributed by atoms with Crippen molar-refractivity contribution in [1.82, 2.24) is 10.2 Å². The van der Waals surface area contributed by atoms with E-state index in [1.165, 1.54) is 4.90 Å². The second-order valence-electron chi connectivity index (χ2n) is 7.27. The number of carbonyl (C=O) groups excluding carboxylic acids is 2. The fraction of sp³-hybridized carbons (Fsp3) is 0.364. The molecular weight excluding hydrogens is 388 g/mol. The van der Waals surface area contributed by atoms with Gasteiger partial charge in [-0.2, -0.15) is 0 Å². The summed E-state index contributed by atoms with van der Waals surface area (Å²) in [5.41, 5.74) is 1.73. The molecule has 2 aromatic rings. The molecule has 1 heterocycles. The van der Waals surface area contributed by atoms with Gasteiger partial charge in [0.25, 0.3) is 0 Å². The van der Waals surface area contributed by atoms with Gasteiger partial charge in [-0.1, -0.05) is 60.7 Å². The quantitative estimate of drug-likeness (QED) is 0.751. The summed E-state index contributed by atoms with van der Waals surface area (Å²) in [7, 11) is -3.07. The Balaban J connectivity index is 1.76. The molecule has 0 spiro atoms. The van der Waals surface area contributed by atoms with Crippen molar-refractivity contribution in [2.75, 3.05) is 24.6 Å². The lowest BCUT2D eigenvalue weighted by atomic mass is 9.90. The lowest BCUT2D eigenvalue weighted by molar-refractivity contribution is -0.136. The van der Waals surface area contributed by atoms with Gasteiger partial charge in [0.1, 0.15) is 0 Å². The van der Waals surface area contributed by atoms with E-state index in [0.717, 1.165) is 11.1 Å². The second kappa shape index (κ2) is 9.22. The Morgan fingerprint density at radius 3 is 2.03 bits per heavy atom. The van der Waals surface area contributed by atoms with E-state index in [1.54, 1.807) is 0 Å². The molecule has 1 N–H and O–H groups in total. The summed E-state index contributed by atoms with van der Waals surface area (Å²) in [5, 5.41) is 2.76. The maximum Gasteiger partial charge on any atom is 0.239 e. The van der Waals surface area contributed by atoms with Crippen LogP contribution in [0.15, 0.2) is 60.7 Å². The van der Waals surface area contributed by atoms with Crippen LogP contribution in [0.4, 0.5) is 0 Å². The van der Waals surface area contributed by atoms with E-state index in [2.05, 4.69) is 5.32 Å². The van der Waals surface area contributed by atoms with Crippen LogP contribution in [0.25, 0.3) is 0 Å². The molecule has 7 heteroatoms. The molecule has 0 bridgehead atoms. The predicted molar refractivity (Wildman–Crippen MR) is 112 cm³/mol. The Labute approximate surface area is 171 Å². The molecule has 0 radical (unpaired) electrons. The van der Waals surface area contributed by atoms with Gasteiger partial charge in [0, 0.05) is 12.6 Å². The molecular formula is C22H26N2O4S. The molecule has 0 unspecified atom stereocenters. The number of rotatable bonds is 7. The van der Waals surface area contributed by atoms with Crippen LogP contribution >= 0.6 is 0 Å². The van der Waals surface area contributed by atoms with Gasteiger partial charge in [-0.3, -0.25) is 9.59 Å². The predicted octanol–water partition coefficient (Wildman–Crippen LogP) is 1.97. The summed E-state index contributed by atoms with van der Waals surface area (Å²) in [6, 6.07) is 18.6. The van der Waals surface area contributed by atoms with Crippen LogP contribution in [-0.4, -0.2) is 55.8 Å². The van der Waals surface area contributed by atoms with E-state index >= 15 is 0 Å². The van der Waals surface area contributed by atoms with Crippen LogP contribution in [-0.2, 0) is 19.4 Å². The van der Waals surface area contributed by atoms with Crippen LogP contribution < -0.4 is 5.32 Å². The highest BCUT2D eigenvalue weighted by Crippen LogP contribution is 2.26. The zero-order chi connectivity index (χ0) is 20.9. The summed E-state index contributed by atoms with van der Waals surface area (Å²) in [4.78, 5) is 27.4. The van der Waals surface area contributed by atoms with Crippen LogP contribution in [0.5, 0.6) is 0 Å². The van der Waals surface area contributed by atoms with Gasteiger partial charge >= 0.3 is 0 Å². The molecule has 2 amide bonds. The lowest BCUT2D eigenvalue weighted by Crippen LogP contribution is -2.45. The third kappa shape index (κ3) is 5.44. The van der Waals surface area contributed by atoms with Crippen molar-refractivity contribution >= 4 is 21.7 Å². The first kappa shape index (κ1) is 21.0. The number of hydrogen-bond acceptors (Lipinski definition) is 4. The standard InChI is InChI=1S/C22H26N2O4S/c1-2-24(15-20(25)23-19-13-14-29(27,28)16-19)22(26)21(17-9-5-3-6-10-17)18-11-7-4-8-12-18/h3-12,19,21H,2,13-16H2,1H3,(H,23,25)/t19-/m0/s1. The molecule has 0 saturated carbocycles. The minimum Gasteiger partial charge on any atom is -0.351 e. The van der Waals surface area contributed by atoms with Crippen LogP contribution in [0.1, 0.15) is 30.4 Å². The summed E-state index contributed by atoms with van der Waals surface area (Å²) >= 11 is 0. The van der Waals surface area contributed by atoms with E-state index in [0.29, 0.717) is 13.0 Å². The van der Waals surface area contributed by atoms with Crippen LogP contribution in [0, 0.1) is 0 Å². The maximum atomic E-state index is 13.4. The fourth-order valence-corrected chi connectivity index (χ4v) is 5.33. The number of likely N-dealkylation sites (N-methyl/N-ethyl adjacent to an activating group) is 1. The van der Waals surface area contributed by atoms with Gasteiger partial charge < -0.3 is 10.2 Å². The van der Waals surface area contributed by atoms with Crippen molar-refractivity contribution in [2.45, 2.75) is 25.3 Å². The number of sulfone groups is 1. The Kier molecular flexibility index (Phi) is 6.69. The average Bonchev–Trinajstić information content (AvgIpc) is 3.06. The van der Waals surface area contributed by atoms with Gasteiger partial charge in [0.2, 0.25) is 11.8 Å². The van der Waals surface area contributed by atoms with E-state index < -0.39 is 15.8 Å². The Morgan fingerprint density at radius 2 is 1.59 bits per heavy atom. The van der Waals surface area contributed by atoms with E-state index in [1.807, 2.05) is 67.6 Å². The largest absolute Gasteiger partial charge is 0.351 e. The first-order chi connectivity index (χ1) is 13.9. The van der Waals surface area contributed by atoms with Gasteiger partial charge in [-0.05, 0) is 24.5 Å². The highest BCUT2D eigenvalue weighted by molar-refractivity contribution is 7.91. The Bertz CT molecular complexity index is 906. The highest BCUT2D eigenvalue weighted by Gasteiger charge is 2.31. The second-order valence-corrected chi connectivity index (χ2v) is 9.50. The molecule has 2 aromatic carbocycles. The SMILES string of the molecule is CCN(CC(=O)N[C@H]1CCS(=O)(=O)C1)C(=O)C(c1ccccc1)c1ccccc1. The number of amides is 2. The summed E-state index contributed by atoms with van der Waals surface area (Å²) < 4.78 is 23.2. The van der Waals surface area contributed by atoms with Crippen molar-refractivity contribution in [3.63, 3.8) is 0 Å². The van der Waals surface area contributed by atoms with Gasteiger partial charge in [-0.25, -0.2) is 8.42 Å². The third-order valence-electron chi connectivity index (χ3n) is 5.14. The molecule has 6 nitrogen and oxygen atoms in total. The smallest absolute Gasteiger partial charge is 0.239 e. The number of hydrogen-bond donors (Lipinski definition) is 1. The molecule has 1 atom stereocenters. The molecule has 154 valence electrons. The third-order valence-corrected chi connectivity index (χ3v) is 6.91. The van der Waals surface area contributed by atoms with E-state index in [9.17, 15) is 18.0 Å². The van der Waals surface area contributed by atoms with Crippen molar-refractivity contribution in [3.05, 3.63) is 71.8 Å². The molecule has 1 aliphatic heterocycles. The number of carbonyl (C=O) groups is 2. The number of benzene rings is 2. The minimum atomic E-state index is -3.07. The molecule has 0 aliphatic carbocycles. The zero-order valence-electron chi connectivity index (χ0n) is 16.5. The Hall–Kier alpha value is -2.67. The summed E-state index contributed by atoms with van der Waals surface area (Å²) in [5.74, 6) is -0.924. The normalized spacial score (nSPS) is 17.8. The molecule has 29 heavy (non-hydrogen) atoms. The van der Waals surface area contributed by atoms with Crippen LogP contribution in [0.2, 0.25) is 0 Å². The molecule has 1 fully saturated rings.